The minimum atomic E-state index is -1.03. The highest BCUT2D eigenvalue weighted by Gasteiger charge is 2.21. The summed E-state index contributed by atoms with van der Waals surface area (Å²) in [4.78, 5) is 17.3. The number of aromatic carboxylic acids is 1. The summed E-state index contributed by atoms with van der Waals surface area (Å²) in [5.41, 5.74) is 5.88. The molecule has 1 fully saturated rings. The molecule has 6 nitrogen and oxygen atoms in total. The second kappa shape index (κ2) is 5.22. The van der Waals surface area contributed by atoms with Crippen LogP contribution in [0.1, 0.15) is 23.2 Å². The molecule has 1 aromatic heterocycles. The van der Waals surface area contributed by atoms with Gasteiger partial charge in [-0.15, -0.1) is 0 Å². The van der Waals surface area contributed by atoms with E-state index in [1.54, 1.807) is 7.11 Å². The maximum Gasteiger partial charge on any atom is 0.337 e. The number of nitrogens with two attached hydrogens (primary N) is 1. The van der Waals surface area contributed by atoms with Crippen molar-refractivity contribution in [1.82, 2.24) is 4.98 Å². The van der Waals surface area contributed by atoms with Gasteiger partial charge in [-0.3, -0.25) is 0 Å². The Bertz CT molecular complexity index is 442. The Morgan fingerprint density at radius 3 is 2.78 bits per heavy atom. The van der Waals surface area contributed by atoms with Crippen molar-refractivity contribution in [2.45, 2.75) is 18.9 Å². The third-order valence-corrected chi connectivity index (χ3v) is 3.25. The molecular formula is C12H17N3O3. The van der Waals surface area contributed by atoms with Crippen LogP contribution in [0.15, 0.2) is 12.3 Å². The van der Waals surface area contributed by atoms with Gasteiger partial charge in [-0.05, 0) is 18.9 Å². The number of pyridine rings is 1. The molecule has 0 amide bonds. The van der Waals surface area contributed by atoms with Crippen molar-refractivity contribution < 1.29 is 14.6 Å². The van der Waals surface area contributed by atoms with Crippen LogP contribution in [0, 0.1) is 0 Å². The summed E-state index contributed by atoms with van der Waals surface area (Å²) in [6.45, 7) is 1.63. The Labute approximate surface area is 105 Å². The number of nitrogen functional groups attached to an aromatic ring is 1. The summed E-state index contributed by atoms with van der Waals surface area (Å²) in [5.74, 6) is -0.362. The van der Waals surface area contributed by atoms with Gasteiger partial charge in [0.05, 0.1) is 23.6 Å². The molecule has 0 saturated carbocycles. The lowest BCUT2D eigenvalue weighted by Gasteiger charge is -2.32. The largest absolute Gasteiger partial charge is 0.478 e. The van der Waals surface area contributed by atoms with E-state index in [0.29, 0.717) is 5.82 Å². The molecule has 0 bridgehead atoms. The highest BCUT2D eigenvalue weighted by molar-refractivity contribution is 5.94. The van der Waals surface area contributed by atoms with Crippen molar-refractivity contribution in [3.8, 4) is 0 Å². The summed E-state index contributed by atoms with van der Waals surface area (Å²) < 4.78 is 5.30. The van der Waals surface area contributed by atoms with Gasteiger partial charge in [-0.1, -0.05) is 0 Å². The van der Waals surface area contributed by atoms with Crippen molar-refractivity contribution in [2.24, 2.45) is 0 Å². The van der Waals surface area contributed by atoms with E-state index < -0.39 is 5.97 Å². The molecule has 1 saturated heterocycles. The van der Waals surface area contributed by atoms with Gasteiger partial charge in [0.1, 0.15) is 5.82 Å². The van der Waals surface area contributed by atoms with Crippen molar-refractivity contribution in [3.63, 3.8) is 0 Å². The first-order valence-electron chi connectivity index (χ1n) is 5.88. The molecule has 3 N–H and O–H groups in total. The number of nitrogens with zero attached hydrogens (tertiary/aromatic N) is 2. The molecule has 1 aromatic rings. The Hall–Kier alpha value is -1.82. The fourth-order valence-electron chi connectivity index (χ4n) is 2.13. The third kappa shape index (κ3) is 2.53. The van der Waals surface area contributed by atoms with Crippen molar-refractivity contribution >= 4 is 17.5 Å². The molecule has 18 heavy (non-hydrogen) atoms. The van der Waals surface area contributed by atoms with E-state index in [-0.39, 0.29) is 17.4 Å². The van der Waals surface area contributed by atoms with Gasteiger partial charge in [0, 0.05) is 20.2 Å². The Kier molecular flexibility index (Phi) is 3.66. The maximum atomic E-state index is 11.0. The zero-order valence-corrected chi connectivity index (χ0v) is 10.3. The number of carbonyl (C=O) groups is 1. The van der Waals surface area contributed by atoms with E-state index in [0.717, 1.165) is 25.9 Å². The summed E-state index contributed by atoms with van der Waals surface area (Å²) in [6, 6.07) is 1.53. The zero-order chi connectivity index (χ0) is 13.1. The van der Waals surface area contributed by atoms with Crippen molar-refractivity contribution in [1.29, 1.82) is 0 Å². The smallest absolute Gasteiger partial charge is 0.337 e. The molecule has 2 rings (SSSR count). The SMILES string of the molecule is COC1CCN(c2cc(C(=O)O)c(N)cn2)CC1. The molecule has 0 atom stereocenters. The normalized spacial score (nSPS) is 16.8. The lowest BCUT2D eigenvalue weighted by atomic mass is 10.1. The van der Waals surface area contributed by atoms with Gasteiger partial charge < -0.3 is 20.5 Å². The van der Waals surface area contributed by atoms with E-state index in [1.807, 2.05) is 0 Å². The standard InChI is InChI=1S/C12H17N3O3/c1-18-8-2-4-15(5-3-8)11-6-9(12(16)17)10(13)7-14-11/h6-8H,2-5,13H2,1H3,(H,16,17). The molecular weight excluding hydrogens is 234 g/mol. The van der Waals surface area contributed by atoms with Crippen LogP contribution in [0.25, 0.3) is 0 Å². The molecule has 2 heterocycles. The molecule has 0 radical (unpaired) electrons. The average molecular weight is 251 g/mol. The first kappa shape index (κ1) is 12.6. The Morgan fingerprint density at radius 1 is 1.56 bits per heavy atom. The number of methoxy groups -OCH3 is 1. The zero-order valence-electron chi connectivity index (χ0n) is 10.3. The minimum Gasteiger partial charge on any atom is -0.478 e. The van der Waals surface area contributed by atoms with Crippen LogP contribution in [0.4, 0.5) is 11.5 Å². The van der Waals surface area contributed by atoms with Crippen LogP contribution in [0.5, 0.6) is 0 Å². The van der Waals surface area contributed by atoms with Gasteiger partial charge in [0.25, 0.3) is 0 Å². The van der Waals surface area contributed by atoms with Gasteiger partial charge in [0.2, 0.25) is 0 Å². The number of hydrogen-bond donors (Lipinski definition) is 2. The molecule has 6 heteroatoms. The van der Waals surface area contributed by atoms with E-state index in [9.17, 15) is 4.79 Å². The minimum absolute atomic E-state index is 0.105. The second-order valence-corrected chi connectivity index (χ2v) is 4.36. The topological polar surface area (TPSA) is 88.7 Å². The molecule has 98 valence electrons. The summed E-state index contributed by atoms with van der Waals surface area (Å²) in [6.07, 6.45) is 3.53. The predicted molar refractivity (Wildman–Crippen MR) is 67.9 cm³/mol. The van der Waals surface area contributed by atoms with Crippen LogP contribution >= 0.6 is 0 Å². The fourth-order valence-corrected chi connectivity index (χ4v) is 2.13. The number of carboxylic acids is 1. The maximum absolute atomic E-state index is 11.0. The first-order chi connectivity index (χ1) is 8.61. The quantitative estimate of drug-likeness (QED) is 0.832. The van der Waals surface area contributed by atoms with Gasteiger partial charge in [-0.2, -0.15) is 0 Å². The number of piperidine rings is 1. The number of ether oxygens (including phenoxy) is 1. The molecule has 1 aliphatic rings. The van der Waals surface area contributed by atoms with E-state index in [2.05, 4.69) is 9.88 Å². The number of anilines is 2. The molecule has 0 unspecified atom stereocenters. The monoisotopic (exact) mass is 251 g/mol. The lowest BCUT2D eigenvalue weighted by molar-refractivity contribution is 0.0697. The van der Waals surface area contributed by atoms with E-state index in [4.69, 9.17) is 15.6 Å². The number of aromatic nitrogens is 1. The first-order valence-corrected chi connectivity index (χ1v) is 5.88. The van der Waals surface area contributed by atoms with E-state index >= 15 is 0 Å². The fraction of sp³-hybridized carbons (Fsp3) is 0.500. The van der Waals surface area contributed by atoms with Crippen LogP contribution in [-0.4, -0.2) is 42.4 Å². The van der Waals surface area contributed by atoms with Crippen LogP contribution < -0.4 is 10.6 Å². The molecule has 0 aromatic carbocycles. The number of rotatable bonds is 3. The van der Waals surface area contributed by atoms with Gasteiger partial charge in [0.15, 0.2) is 0 Å². The average Bonchev–Trinajstić information content (AvgIpc) is 2.39. The number of hydrogen-bond acceptors (Lipinski definition) is 5. The molecule has 0 spiro atoms. The molecule has 1 aliphatic heterocycles. The van der Waals surface area contributed by atoms with Crippen LogP contribution in [0.3, 0.4) is 0 Å². The van der Waals surface area contributed by atoms with Crippen molar-refractivity contribution in [3.05, 3.63) is 17.8 Å². The Morgan fingerprint density at radius 2 is 2.22 bits per heavy atom. The molecule has 0 aliphatic carbocycles. The summed E-state index contributed by atoms with van der Waals surface area (Å²) in [5, 5.41) is 9.02. The second-order valence-electron chi connectivity index (χ2n) is 4.36. The number of carboxylic acid groups (broad SMARTS) is 1. The summed E-state index contributed by atoms with van der Waals surface area (Å²) in [7, 11) is 1.71. The lowest BCUT2D eigenvalue weighted by Crippen LogP contribution is -2.37. The van der Waals surface area contributed by atoms with Gasteiger partial charge >= 0.3 is 5.97 Å². The van der Waals surface area contributed by atoms with Crippen molar-refractivity contribution in [2.75, 3.05) is 30.8 Å². The van der Waals surface area contributed by atoms with Gasteiger partial charge in [-0.25, -0.2) is 9.78 Å². The van der Waals surface area contributed by atoms with E-state index in [1.165, 1.54) is 12.3 Å². The summed E-state index contributed by atoms with van der Waals surface area (Å²) >= 11 is 0. The third-order valence-electron chi connectivity index (χ3n) is 3.25. The highest BCUT2D eigenvalue weighted by Crippen LogP contribution is 2.22. The predicted octanol–water partition coefficient (Wildman–Crippen LogP) is 0.977. The Balaban J connectivity index is 2.15. The van der Waals surface area contributed by atoms with Crippen LogP contribution in [0.2, 0.25) is 0 Å². The van der Waals surface area contributed by atoms with Crippen LogP contribution in [-0.2, 0) is 4.74 Å². The highest BCUT2D eigenvalue weighted by atomic mass is 16.5.